The second kappa shape index (κ2) is 5.96. The molecule has 17 heavy (non-hydrogen) atoms. The predicted molar refractivity (Wildman–Crippen MR) is 70.1 cm³/mol. The van der Waals surface area contributed by atoms with Crippen LogP contribution in [0.5, 0.6) is 0 Å². The van der Waals surface area contributed by atoms with Gasteiger partial charge in [0.2, 0.25) is 0 Å². The zero-order chi connectivity index (χ0) is 12.3. The van der Waals surface area contributed by atoms with E-state index in [1.807, 2.05) is 0 Å². The van der Waals surface area contributed by atoms with Gasteiger partial charge < -0.3 is 9.80 Å². The molecule has 3 heteroatoms. The average Bonchev–Trinajstić information content (AvgIpc) is 2.73. The van der Waals surface area contributed by atoms with Gasteiger partial charge in [-0.2, -0.15) is 0 Å². The van der Waals surface area contributed by atoms with E-state index in [1.54, 1.807) is 0 Å². The van der Waals surface area contributed by atoms with Crippen LogP contribution in [0.15, 0.2) is 0 Å². The Morgan fingerprint density at radius 1 is 1.29 bits per heavy atom. The fourth-order valence-electron chi connectivity index (χ4n) is 3.20. The average molecular weight is 238 g/mol. The highest BCUT2D eigenvalue weighted by Gasteiger charge is 2.24. The standard InChI is InChI=1S/C14H26N2O/c1-15-9-7-12(11-15)8-10-16(2)13-3-5-14(17)6-4-13/h12-13H,3-11H2,1-2H3. The van der Waals surface area contributed by atoms with Crippen LogP contribution in [-0.2, 0) is 4.79 Å². The van der Waals surface area contributed by atoms with Crippen molar-refractivity contribution in [1.29, 1.82) is 0 Å². The zero-order valence-corrected chi connectivity index (χ0v) is 11.3. The molecule has 0 aromatic rings. The maximum absolute atomic E-state index is 11.2. The topological polar surface area (TPSA) is 23.6 Å². The van der Waals surface area contributed by atoms with Crippen molar-refractivity contribution in [1.82, 2.24) is 9.80 Å². The Bertz CT molecular complexity index is 257. The Morgan fingerprint density at radius 3 is 2.59 bits per heavy atom. The van der Waals surface area contributed by atoms with Crippen molar-refractivity contribution in [3.63, 3.8) is 0 Å². The molecule has 0 aromatic carbocycles. The predicted octanol–water partition coefficient (Wildman–Crippen LogP) is 1.77. The van der Waals surface area contributed by atoms with Gasteiger partial charge in [-0.15, -0.1) is 0 Å². The Balaban J connectivity index is 1.66. The van der Waals surface area contributed by atoms with Gasteiger partial charge in [-0.25, -0.2) is 0 Å². The van der Waals surface area contributed by atoms with Crippen molar-refractivity contribution in [3.05, 3.63) is 0 Å². The molecule has 0 aromatic heterocycles. The van der Waals surface area contributed by atoms with Crippen LogP contribution in [0, 0.1) is 5.92 Å². The monoisotopic (exact) mass is 238 g/mol. The van der Waals surface area contributed by atoms with Gasteiger partial charge in [0.05, 0.1) is 0 Å². The molecule has 1 heterocycles. The number of rotatable bonds is 4. The normalized spacial score (nSPS) is 28.2. The van der Waals surface area contributed by atoms with Gasteiger partial charge in [-0.3, -0.25) is 4.79 Å². The molecular formula is C14H26N2O. The molecule has 1 unspecified atom stereocenters. The highest BCUT2D eigenvalue weighted by atomic mass is 16.1. The summed E-state index contributed by atoms with van der Waals surface area (Å²) in [5.41, 5.74) is 0. The molecule has 1 atom stereocenters. The number of hydrogen-bond acceptors (Lipinski definition) is 3. The van der Waals surface area contributed by atoms with E-state index < -0.39 is 0 Å². The van der Waals surface area contributed by atoms with E-state index in [4.69, 9.17) is 0 Å². The minimum atomic E-state index is 0.465. The van der Waals surface area contributed by atoms with Crippen LogP contribution in [-0.4, -0.2) is 55.4 Å². The number of carbonyl (C=O) groups excluding carboxylic acids is 1. The van der Waals surface area contributed by atoms with Gasteiger partial charge in [0.1, 0.15) is 5.78 Å². The first-order valence-corrected chi connectivity index (χ1v) is 7.05. The van der Waals surface area contributed by atoms with Crippen molar-refractivity contribution in [2.45, 2.75) is 44.6 Å². The number of nitrogens with zero attached hydrogens (tertiary/aromatic N) is 2. The molecule has 0 amide bonds. The highest BCUT2D eigenvalue weighted by molar-refractivity contribution is 5.79. The van der Waals surface area contributed by atoms with E-state index in [1.165, 1.54) is 32.5 Å². The van der Waals surface area contributed by atoms with Crippen LogP contribution >= 0.6 is 0 Å². The summed E-state index contributed by atoms with van der Waals surface area (Å²) in [7, 11) is 4.45. The molecule has 0 bridgehead atoms. The third-order valence-electron chi connectivity index (χ3n) is 4.52. The van der Waals surface area contributed by atoms with Gasteiger partial charge >= 0.3 is 0 Å². The molecule has 2 rings (SSSR count). The maximum Gasteiger partial charge on any atom is 0.133 e. The minimum Gasteiger partial charge on any atom is -0.306 e. The summed E-state index contributed by atoms with van der Waals surface area (Å²) in [6.45, 7) is 3.75. The highest BCUT2D eigenvalue weighted by Crippen LogP contribution is 2.22. The molecule has 2 fully saturated rings. The number of ketones is 1. The largest absolute Gasteiger partial charge is 0.306 e. The van der Waals surface area contributed by atoms with Gasteiger partial charge in [-0.05, 0) is 58.8 Å². The van der Waals surface area contributed by atoms with Crippen LogP contribution in [0.4, 0.5) is 0 Å². The summed E-state index contributed by atoms with van der Waals surface area (Å²) >= 11 is 0. The molecule has 0 N–H and O–H groups in total. The van der Waals surface area contributed by atoms with Crippen molar-refractivity contribution in [3.8, 4) is 0 Å². The van der Waals surface area contributed by atoms with Crippen molar-refractivity contribution in [2.75, 3.05) is 33.7 Å². The van der Waals surface area contributed by atoms with Crippen LogP contribution in [0.3, 0.4) is 0 Å². The van der Waals surface area contributed by atoms with Crippen LogP contribution in [0.1, 0.15) is 38.5 Å². The van der Waals surface area contributed by atoms with Crippen LogP contribution in [0.2, 0.25) is 0 Å². The van der Waals surface area contributed by atoms with Crippen molar-refractivity contribution < 1.29 is 4.79 Å². The molecular weight excluding hydrogens is 212 g/mol. The molecule has 1 saturated carbocycles. The molecule has 2 aliphatic rings. The summed E-state index contributed by atoms with van der Waals surface area (Å²) in [5, 5.41) is 0. The lowest BCUT2D eigenvalue weighted by Crippen LogP contribution is -2.36. The Labute approximate surface area is 105 Å². The van der Waals surface area contributed by atoms with E-state index in [0.717, 1.165) is 31.6 Å². The van der Waals surface area contributed by atoms with Crippen LogP contribution in [0.25, 0.3) is 0 Å². The quantitative estimate of drug-likeness (QED) is 0.746. The molecule has 0 spiro atoms. The molecule has 1 aliphatic carbocycles. The lowest BCUT2D eigenvalue weighted by Gasteiger charge is -2.31. The minimum absolute atomic E-state index is 0.465. The lowest BCUT2D eigenvalue weighted by molar-refractivity contribution is -0.121. The van der Waals surface area contributed by atoms with Gasteiger partial charge in [0, 0.05) is 25.4 Å². The van der Waals surface area contributed by atoms with E-state index in [0.29, 0.717) is 11.8 Å². The number of Topliss-reactive ketones (excluding diaryl/α,β-unsaturated/α-hetero) is 1. The second-order valence-corrected chi connectivity index (χ2v) is 5.96. The summed E-state index contributed by atoms with van der Waals surface area (Å²) in [5.74, 6) is 1.36. The summed E-state index contributed by atoms with van der Waals surface area (Å²) in [6, 6.07) is 0.659. The third kappa shape index (κ3) is 3.78. The molecule has 0 radical (unpaired) electrons. The third-order valence-corrected chi connectivity index (χ3v) is 4.52. The zero-order valence-electron chi connectivity index (χ0n) is 11.3. The van der Waals surface area contributed by atoms with Crippen molar-refractivity contribution in [2.24, 2.45) is 5.92 Å². The smallest absolute Gasteiger partial charge is 0.133 e. The first kappa shape index (κ1) is 13.0. The fraction of sp³-hybridized carbons (Fsp3) is 0.929. The SMILES string of the molecule is CN1CCC(CCN(C)C2CCC(=O)CC2)C1. The first-order chi connectivity index (χ1) is 8.15. The molecule has 1 saturated heterocycles. The van der Waals surface area contributed by atoms with Gasteiger partial charge in [0.15, 0.2) is 0 Å². The van der Waals surface area contributed by atoms with Crippen LogP contribution < -0.4 is 0 Å². The van der Waals surface area contributed by atoms with E-state index >= 15 is 0 Å². The Hall–Kier alpha value is -0.410. The van der Waals surface area contributed by atoms with E-state index in [-0.39, 0.29) is 0 Å². The first-order valence-electron chi connectivity index (χ1n) is 7.05. The summed E-state index contributed by atoms with van der Waals surface area (Å²) < 4.78 is 0. The molecule has 98 valence electrons. The van der Waals surface area contributed by atoms with Crippen molar-refractivity contribution >= 4 is 5.78 Å². The number of carbonyl (C=O) groups is 1. The van der Waals surface area contributed by atoms with Gasteiger partial charge in [-0.1, -0.05) is 0 Å². The van der Waals surface area contributed by atoms with E-state index in [2.05, 4.69) is 23.9 Å². The number of likely N-dealkylation sites (tertiary alicyclic amines) is 1. The Kier molecular flexibility index (Phi) is 4.57. The lowest BCUT2D eigenvalue weighted by atomic mass is 9.93. The second-order valence-electron chi connectivity index (χ2n) is 5.96. The molecule has 1 aliphatic heterocycles. The summed E-state index contributed by atoms with van der Waals surface area (Å²) in [4.78, 5) is 16.1. The number of hydrogen-bond donors (Lipinski definition) is 0. The maximum atomic E-state index is 11.2. The molecule has 3 nitrogen and oxygen atoms in total. The fourth-order valence-corrected chi connectivity index (χ4v) is 3.20. The summed E-state index contributed by atoms with van der Waals surface area (Å²) in [6.07, 6.45) is 6.47. The Morgan fingerprint density at radius 2 is 2.00 bits per heavy atom. The van der Waals surface area contributed by atoms with E-state index in [9.17, 15) is 4.79 Å². The van der Waals surface area contributed by atoms with Gasteiger partial charge in [0.25, 0.3) is 0 Å².